The Balaban J connectivity index is 1.96. The van der Waals surface area contributed by atoms with Crippen LogP contribution in [0, 0.1) is 0 Å². The highest BCUT2D eigenvalue weighted by atomic mass is 32.2. The molecule has 0 radical (unpaired) electrons. The van der Waals surface area contributed by atoms with Gasteiger partial charge in [0.25, 0.3) is 0 Å². The number of anilines is 1. The maximum Gasteiger partial charge on any atom is 0.346 e. The molecule has 0 spiro atoms. The van der Waals surface area contributed by atoms with E-state index >= 15 is 0 Å². The number of thioether (sulfide) groups is 1. The van der Waals surface area contributed by atoms with Crippen LogP contribution in [-0.4, -0.2) is 36.3 Å². The molecule has 1 heterocycles. The van der Waals surface area contributed by atoms with Gasteiger partial charge in [-0.1, -0.05) is 12.1 Å². The number of esters is 2. The number of amides is 1. The number of methoxy groups -OCH3 is 1. The van der Waals surface area contributed by atoms with Crippen molar-refractivity contribution in [3.8, 4) is 0 Å². The summed E-state index contributed by atoms with van der Waals surface area (Å²) in [4.78, 5) is 35.8. The summed E-state index contributed by atoms with van der Waals surface area (Å²) in [5.74, 6) is -1.49. The average Bonchev–Trinajstić information content (AvgIpc) is 2.47. The number of ether oxygens (including phenoxy) is 2. The quantitative estimate of drug-likeness (QED) is 0.851. The zero-order valence-corrected chi connectivity index (χ0v) is 12.4. The lowest BCUT2D eigenvalue weighted by atomic mass is 10.2. The van der Waals surface area contributed by atoms with Gasteiger partial charge in [0.15, 0.2) is 6.10 Å². The molecule has 0 saturated carbocycles. The molecule has 1 N–H and O–H groups in total. The number of nitrogens with one attached hydrogen (secondary N) is 1. The van der Waals surface area contributed by atoms with Gasteiger partial charge in [-0.05, 0) is 19.1 Å². The van der Waals surface area contributed by atoms with Crippen LogP contribution in [0.25, 0.3) is 0 Å². The van der Waals surface area contributed by atoms with Crippen LogP contribution in [0.4, 0.5) is 5.69 Å². The van der Waals surface area contributed by atoms with Crippen LogP contribution in [0.1, 0.15) is 13.3 Å². The number of carbonyl (C=O) groups is 3. The standard InChI is InChI=1S/C14H15NO5S/c1-8(14(18)19-2)20-12(16)7-11-13(17)15-9-5-3-4-6-10(9)21-11/h3-6,8,11H,7H2,1-2H3,(H,15,17). The minimum atomic E-state index is -0.980. The van der Waals surface area contributed by atoms with Crippen molar-refractivity contribution in [2.24, 2.45) is 0 Å². The van der Waals surface area contributed by atoms with Crippen LogP contribution < -0.4 is 5.32 Å². The molecule has 0 bridgehead atoms. The summed E-state index contributed by atoms with van der Waals surface area (Å²) in [6.45, 7) is 1.42. The van der Waals surface area contributed by atoms with Crippen molar-refractivity contribution in [1.29, 1.82) is 0 Å². The summed E-state index contributed by atoms with van der Waals surface area (Å²) in [6, 6.07) is 7.35. The zero-order valence-electron chi connectivity index (χ0n) is 11.6. The molecule has 0 aliphatic carbocycles. The lowest BCUT2D eigenvalue weighted by Gasteiger charge is -2.23. The van der Waals surface area contributed by atoms with E-state index in [1.807, 2.05) is 18.2 Å². The SMILES string of the molecule is COC(=O)C(C)OC(=O)CC1Sc2ccccc2NC1=O. The van der Waals surface area contributed by atoms with Gasteiger partial charge in [0, 0.05) is 4.90 Å². The second-order valence-electron chi connectivity index (χ2n) is 4.45. The molecule has 1 aromatic carbocycles. The van der Waals surface area contributed by atoms with Crippen LogP contribution in [-0.2, 0) is 23.9 Å². The Labute approximate surface area is 126 Å². The van der Waals surface area contributed by atoms with Gasteiger partial charge >= 0.3 is 11.9 Å². The second kappa shape index (κ2) is 6.62. The Hall–Kier alpha value is -2.02. The van der Waals surface area contributed by atoms with E-state index in [0.29, 0.717) is 0 Å². The molecule has 0 fully saturated rings. The molecule has 2 unspecified atom stereocenters. The van der Waals surface area contributed by atoms with Crippen molar-refractivity contribution in [1.82, 2.24) is 0 Å². The number of benzene rings is 1. The molecular formula is C14H15NO5S. The molecule has 1 aliphatic rings. The topological polar surface area (TPSA) is 81.7 Å². The minimum Gasteiger partial charge on any atom is -0.466 e. The van der Waals surface area contributed by atoms with Crippen LogP contribution in [0.15, 0.2) is 29.2 Å². The van der Waals surface area contributed by atoms with E-state index in [4.69, 9.17) is 4.74 Å². The number of para-hydroxylation sites is 1. The molecule has 1 aliphatic heterocycles. The molecule has 6 nitrogen and oxygen atoms in total. The highest BCUT2D eigenvalue weighted by Crippen LogP contribution is 2.36. The zero-order chi connectivity index (χ0) is 15.4. The van der Waals surface area contributed by atoms with Crippen molar-refractivity contribution in [2.45, 2.75) is 29.6 Å². The third-order valence-corrected chi connectivity index (χ3v) is 4.18. The van der Waals surface area contributed by atoms with Gasteiger partial charge in [0.05, 0.1) is 24.5 Å². The summed E-state index contributed by atoms with van der Waals surface area (Å²) in [6.07, 6.45) is -1.09. The Morgan fingerprint density at radius 2 is 2.10 bits per heavy atom. The predicted molar refractivity (Wildman–Crippen MR) is 76.9 cm³/mol. The molecular weight excluding hydrogens is 294 g/mol. The average molecular weight is 309 g/mol. The fourth-order valence-electron chi connectivity index (χ4n) is 1.84. The molecule has 1 amide bonds. The van der Waals surface area contributed by atoms with Gasteiger partial charge in [0.2, 0.25) is 5.91 Å². The summed E-state index contributed by atoms with van der Waals surface area (Å²) in [7, 11) is 1.22. The van der Waals surface area contributed by atoms with E-state index < -0.39 is 23.3 Å². The molecule has 2 rings (SSSR count). The van der Waals surface area contributed by atoms with E-state index in [9.17, 15) is 14.4 Å². The first kappa shape index (κ1) is 15.4. The Bertz CT molecular complexity index is 574. The maximum absolute atomic E-state index is 11.9. The molecule has 0 aromatic heterocycles. The first-order valence-electron chi connectivity index (χ1n) is 6.35. The second-order valence-corrected chi connectivity index (χ2v) is 5.70. The first-order valence-corrected chi connectivity index (χ1v) is 7.23. The van der Waals surface area contributed by atoms with Crippen LogP contribution in [0.2, 0.25) is 0 Å². The lowest BCUT2D eigenvalue weighted by Crippen LogP contribution is -2.33. The molecule has 7 heteroatoms. The summed E-state index contributed by atoms with van der Waals surface area (Å²) in [5, 5.41) is 2.17. The molecule has 0 saturated heterocycles. The van der Waals surface area contributed by atoms with Gasteiger partial charge in [0.1, 0.15) is 0 Å². The van der Waals surface area contributed by atoms with E-state index in [0.717, 1.165) is 10.6 Å². The van der Waals surface area contributed by atoms with E-state index in [-0.39, 0.29) is 12.3 Å². The van der Waals surface area contributed by atoms with Crippen molar-refractivity contribution < 1.29 is 23.9 Å². The summed E-state index contributed by atoms with van der Waals surface area (Å²) < 4.78 is 9.41. The number of carbonyl (C=O) groups excluding carboxylic acids is 3. The Kier molecular flexibility index (Phi) is 4.85. The van der Waals surface area contributed by atoms with Crippen LogP contribution in [0.3, 0.4) is 0 Å². The van der Waals surface area contributed by atoms with Crippen LogP contribution in [0.5, 0.6) is 0 Å². The molecule has 2 atom stereocenters. The summed E-state index contributed by atoms with van der Waals surface area (Å²) >= 11 is 1.31. The highest BCUT2D eigenvalue weighted by Gasteiger charge is 2.30. The fraction of sp³-hybridized carbons (Fsp3) is 0.357. The van der Waals surface area contributed by atoms with E-state index in [2.05, 4.69) is 10.1 Å². The van der Waals surface area contributed by atoms with Crippen LogP contribution >= 0.6 is 11.8 Å². The van der Waals surface area contributed by atoms with E-state index in [1.165, 1.54) is 25.8 Å². The van der Waals surface area contributed by atoms with Crippen molar-refractivity contribution >= 4 is 35.3 Å². The smallest absolute Gasteiger partial charge is 0.346 e. The number of fused-ring (bicyclic) bond motifs is 1. The van der Waals surface area contributed by atoms with Gasteiger partial charge in [-0.25, -0.2) is 4.79 Å². The number of rotatable bonds is 4. The lowest BCUT2D eigenvalue weighted by molar-refractivity contribution is -0.164. The largest absolute Gasteiger partial charge is 0.466 e. The maximum atomic E-state index is 11.9. The third kappa shape index (κ3) is 3.75. The minimum absolute atomic E-state index is 0.105. The van der Waals surface area contributed by atoms with Crippen molar-refractivity contribution in [2.75, 3.05) is 12.4 Å². The Morgan fingerprint density at radius 3 is 2.81 bits per heavy atom. The normalized spacial score (nSPS) is 18.2. The van der Waals surface area contributed by atoms with Gasteiger partial charge < -0.3 is 14.8 Å². The van der Waals surface area contributed by atoms with Crippen molar-refractivity contribution in [3.05, 3.63) is 24.3 Å². The third-order valence-electron chi connectivity index (χ3n) is 2.90. The van der Waals surface area contributed by atoms with E-state index in [1.54, 1.807) is 6.07 Å². The first-order chi connectivity index (χ1) is 10.0. The van der Waals surface area contributed by atoms with Crippen molar-refractivity contribution in [3.63, 3.8) is 0 Å². The molecule has 21 heavy (non-hydrogen) atoms. The van der Waals surface area contributed by atoms with Gasteiger partial charge in [-0.3, -0.25) is 9.59 Å². The predicted octanol–water partition coefficient (Wildman–Crippen LogP) is 1.59. The monoisotopic (exact) mass is 309 g/mol. The number of hydrogen-bond acceptors (Lipinski definition) is 6. The molecule has 1 aromatic rings. The number of hydrogen-bond donors (Lipinski definition) is 1. The van der Waals surface area contributed by atoms with Gasteiger partial charge in [-0.2, -0.15) is 0 Å². The summed E-state index contributed by atoms with van der Waals surface area (Å²) in [5.41, 5.74) is 0.736. The Morgan fingerprint density at radius 1 is 1.38 bits per heavy atom. The molecule has 112 valence electrons. The fourth-order valence-corrected chi connectivity index (χ4v) is 2.93. The van der Waals surface area contributed by atoms with Gasteiger partial charge in [-0.15, -0.1) is 11.8 Å². The highest BCUT2D eigenvalue weighted by molar-refractivity contribution is 8.01.